The molecule has 1 saturated heterocycles. The molecule has 0 bridgehead atoms. The Balaban J connectivity index is 1.90. The number of aromatic amines is 1. The minimum atomic E-state index is -0.927. The topological polar surface area (TPSA) is 94.7 Å². The van der Waals surface area contributed by atoms with Crippen molar-refractivity contribution in [2.24, 2.45) is 0 Å². The van der Waals surface area contributed by atoms with Gasteiger partial charge in [0.25, 0.3) is 0 Å². The summed E-state index contributed by atoms with van der Waals surface area (Å²) in [6.45, 7) is 9.26. The molecule has 140 valence electrons. The predicted octanol–water partition coefficient (Wildman–Crippen LogP) is 2.90. The Bertz CT molecular complexity index is 618. The number of likely N-dealkylation sites (tertiary alicyclic amines) is 1. The highest BCUT2D eigenvalue weighted by Crippen LogP contribution is 2.20. The van der Waals surface area contributed by atoms with E-state index in [1.54, 1.807) is 13.0 Å². The molecular weight excluding hydrogens is 322 g/mol. The van der Waals surface area contributed by atoms with Crippen LogP contribution in [0.2, 0.25) is 0 Å². The first kappa shape index (κ1) is 19.3. The summed E-state index contributed by atoms with van der Waals surface area (Å²) < 4.78 is 5.51. The van der Waals surface area contributed by atoms with Gasteiger partial charge in [0, 0.05) is 37.1 Å². The summed E-state index contributed by atoms with van der Waals surface area (Å²) in [5.41, 5.74) is 1.28. The van der Waals surface area contributed by atoms with Crippen LogP contribution in [0.5, 0.6) is 0 Å². The van der Waals surface area contributed by atoms with Crippen LogP contribution >= 0.6 is 0 Å². The second-order valence-corrected chi connectivity index (χ2v) is 7.59. The van der Waals surface area contributed by atoms with E-state index in [9.17, 15) is 9.59 Å². The van der Waals surface area contributed by atoms with Crippen LogP contribution < -0.4 is 5.32 Å². The standard InChI is InChI=1S/C18H29N3O4/c1-12-15(16(22)23)9-13(20-12)10-19-11-14-7-5-6-8-21(14)17(24)25-18(2,3)4/h9,14,19-20H,5-8,10-11H2,1-4H3,(H,22,23). The van der Waals surface area contributed by atoms with E-state index in [0.717, 1.165) is 25.0 Å². The lowest BCUT2D eigenvalue weighted by Gasteiger charge is -2.36. The van der Waals surface area contributed by atoms with Crippen LogP contribution in [0.1, 0.15) is 61.8 Å². The average molecular weight is 351 g/mol. The Morgan fingerprint density at radius 3 is 2.72 bits per heavy atom. The van der Waals surface area contributed by atoms with Gasteiger partial charge in [-0.15, -0.1) is 0 Å². The molecule has 0 saturated carbocycles. The van der Waals surface area contributed by atoms with Crippen LogP contribution in [0.25, 0.3) is 0 Å². The van der Waals surface area contributed by atoms with E-state index in [-0.39, 0.29) is 12.1 Å². The van der Waals surface area contributed by atoms with Gasteiger partial charge in [-0.1, -0.05) is 0 Å². The quantitative estimate of drug-likeness (QED) is 0.758. The molecule has 1 unspecified atom stereocenters. The van der Waals surface area contributed by atoms with Crippen molar-refractivity contribution in [3.63, 3.8) is 0 Å². The van der Waals surface area contributed by atoms with Gasteiger partial charge in [0.2, 0.25) is 0 Å². The maximum atomic E-state index is 12.4. The monoisotopic (exact) mass is 351 g/mol. The minimum absolute atomic E-state index is 0.0959. The number of aryl methyl sites for hydroxylation is 1. The number of hydrogen-bond acceptors (Lipinski definition) is 4. The van der Waals surface area contributed by atoms with Crippen LogP contribution in [0, 0.1) is 6.92 Å². The van der Waals surface area contributed by atoms with Crippen molar-refractivity contribution in [3.8, 4) is 0 Å². The second-order valence-electron chi connectivity index (χ2n) is 7.59. The number of aromatic nitrogens is 1. The van der Waals surface area contributed by atoms with Gasteiger partial charge in [-0.05, 0) is 53.0 Å². The van der Waals surface area contributed by atoms with Gasteiger partial charge in [-0.25, -0.2) is 9.59 Å². The third kappa shape index (κ3) is 5.49. The normalized spacial score (nSPS) is 18.2. The third-order valence-corrected chi connectivity index (χ3v) is 4.25. The molecule has 1 atom stereocenters. The zero-order chi connectivity index (χ0) is 18.6. The molecule has 1 aromatic rings. The fourth-order valence-corrected chi connectivity index (χ4v) is 3.09. The van der Waals surface area contributed by atoms with Crippen LogP contribution in [0.3, 0.4) is 0 Å². The minimum Gasteiger partial charge on any atom is -0.478 e. The molecule has 1 aliphatic rings. The summed E-state index contributed by atoms with van der Waals surface area (Å²) in [4.78, 5) is 28.4. The van der Waals surface area contributed by atoms with Gasteiger partial charge in [0.1, 0.15) is 5.60 Å². The van der Waals surface area contributed by atoms with E-state index >= 15 is 0 Å². The molecule has 0 aliphatic carbocycles. The zero-order valence-corrected chi connectivity index (χ0v) is 15.5. The Kier molecular flexibility index (Phi) is 6.11. The summed E-state index contributed by atoms with van der Waals surface area (Å²) in [5.74, 6) is -0.927. The number of nitrogens with one attached hydrogen (secondary N) is 2. The molecule has 2 rings (SSSR count). The lowest BCUT2D eigenvalue weighted by Crippen LogP contribution is -2.50. The Morgan fingerprint density at radius 1 is 1.40 bits per heavy atom. The number of piperidine rings is 1. The number of carbonyl (C=O) groups is 2. The van der Waals surface area contributed by atoms with E-state index in [1.165, 1.54) is 0 Å². The van der Waals surface area contributed by atoms with Gasteiger partial charge in [0.05, 0.1) is 5.56 Å². The maximum absolute atomic E-state index is 12.4. The van der Waals surface area contributed by atoms with Crippen molar-refractivity contribution in [1.82, 2.24) is 15.2 Å². The molecule has 1 aliphatic heterocycles. The van der Waals surface area contributed by atoms with E-state index in [0.29, 0.717) is 30.9 Å². The summed E-state index contributed by atoms with van der Waals surface area (Å²) >= 11 is 0. The van der Waals surface area contributed by atoms with Gasteiger partial charge in [-0.3, -0.25) is 0 Å². The molecular formula is C18H29N3O4. The van der Waals surface area contributed by atoms with Crippen molar-refractivity contribution in [2.75, 3.05) is 13.1 Å². The predicted molar refractivity (Wildman–Crippen MR) is 94.8 cm³/mol. The van der Waals surface area contributed by atoms with Gasteiger partial charge >= 0.3 is 12.1 Å². The number of rotatable bonds is 5. The van der Waals surface area contributed by atoms with E-state index in [1.807, 2.05) is 25.7 Å². The van der Waals surface area contributed by atoms with Crippen LogP contribution in [0.15, 0.2) is 6.07 Å². The number of amides is 1. The number of ether oxygens (including phenoxy) is 1. The molecule has 2 heterocycles. The fourth-order valence-electron chi connectivity index (χ4n) is 3.09. The number of H-pyrrole nitrogens is 1. The number of aromatic carboxylic acids is 1. The maximum Gasteiger partial charge on any atom is 0.410 e. The Labute approximate surface area is 148 Å². The second kappa shape index (κ2) is 7.91. The molecule has 1 aromatic heterocycles. The molecule has 1 amide bonds. The Morgan fingerprint density at radius 2 is 2.12 bits per heavy atom. The van der Waals surface area contributed by atoms with E-state index < -0.39 is 11.6 Å². The molecule has 3 N–H and O–H groups in total. The van der Waals surface area contributed by atoms with Crippen molar-refractivity contribution < 1.29 is 19.4 Å². The van der Waals surface area contributed by atoms with Gasteiger partial charge in [0.15, 0.2) is 0 Å². The summed E-state index contributed by atoms with van der Waals surface area (Å²) in [6, 6.07) is 1.75. The fraction of sp³-hybridized carbons (Fsp3) is 0.667. The highest BCUT2D eigenvalue weighted by molar-refractivity contribution is 5.89. The van der Waals surface area contributed by atoms with E-state index in [4.69, 9.17) is 9.84 Å². The molecule has 25 heavy (non-hydrogen) atoms. The lowest BCUT2D eigenvalue weighted by molar-refractivity contribution is 0.00991. The molecule has 7 nitrogen and oxygen atoms in total. The van der Waals surface area contributed by atoms with Crippen molar-refractivity contribution in [3.05, 3.63) is 23.0 Å². The third-order valence-electron chi connectivity index (χ3n) is 4.25. The first-order valence-corrected chi connectivity index (χ1v) is 8.79. The van der Waals surface area contributed by atoms with Crippen LogP contribution in [-0.2, 0) is 11.3 Å². The number of hydrogen-bond donors (Lipinski definition) is 3. The largest absolute Gasteiger partial charge is 0.478 e. The van der Waals surface area contributed by atoms with Crippen LogP contribution in [-0.4, -0.2) is 51.8 Å². The van der Waals surface area contributed by atoms with Gasteiger partial charge in [-0.2, -0.15) is 0 Å². The molecule has 7 heteroatoms. The summed E-state index contributed by atoms with van der Waals surface area (Å²) in [6.07, 6.45) is 2.77. The highest BCUT2D eigenvalue weighted by atomic mass is 16.6. The van der Waals surface area contributed by atoms with Crippen molar-refractivity contribution in [1.29, 1.82) is 0 Å². The number of carboxylic acid groups (broad SMARTS) is 1. The highest BCUT2D eigenvalue weighted by Gasteiger charge is 2.30. The summed E-state index contributed by atoms with van der Waals surface area (Å²) in [5, 5.41) is 12.4. The van der Waals surface area contributed by atoms with E-state index in [2.05, 4.69) is 10.3 Å². The number of nitrogens with zero attached hydrogens (tertiary/aromatic N) is 1. The first-order chi connectivity index (χ1) is 11.7. The van der Waals surface area contributed by atoms with Gasteiger partial charge < -0.3 is 25.0 Å². The first-order valence-electron chi connectivity index (χ1n) is 8.79. The molecule has 0 spiro atoms. The van der Waals surface area contributed by atoms with Crippen molar-refractivity contribution in [2.45, 2.75) is 65.1 Å². The molecule has 0 radical (unpaired) electrons. The lowest BCUT2D eigenvalue weighted by atomic mass is 10.0. The zero-order valence-electron chi connectivity index (χ0n) is 15.5. The number of carbonyl (C=O) groups excluding carboxylic acids is 1. The smallest absolute Gasteiger partial charge is 0.410 e. The van der Waals surface area contributed by atoms with Crippen LogP contribution in [0.4, 0.5) is 4.79 Å². The average Bonchev–Trinajstić information content (AvgIpc) is 2.87. The number of carboxylic acids is 1. The molecule has 0 aromatic carbocycles. The SMILES string of the molecule is Cc1[nH]c(CNCC2CCCCN2C(=O)OC(C)(C)C)cc1C(=O)O. The van der Waals surface area contributed by atoms with Crippen molar-refractivity contribution >= 4 is 12.1 Å². The molecule has 1 fully saturated rings. The summed E-state index contributed by atoms with van der Waals surface area (Å²) in [7, 11) is 0. The Hall–Kier alpha value is -2.02.